The zero-order valence-electron chi connectivity index (χ0n) is 14.6. The molecule has 0 unspecified atom stereocenters. The van der Waals surface area contributed by atoms with Crippen molar-refractivity contribution >= 4 is 28.6 Å². The SMILES string of the molecule is COc1cc(C)c(NC(=O)/C=C/c2ccc3c(C#N)n[nH]c3c2)c(C)n1. The van der Waals surface area contributed by atoms with Crippen molar-refractivity contribution in [1.82, 2.24) is 15.2 Å². The number of anilines is 1. The molecule has 0 aliphatic heterocycles. The molecule has 2 N–H and O–H groups in total. The van der Waals surface area contributed by atoms with Gasteiger partial charge in [0.15, 0.2) is 5.69 Å². The van der Waals surface area contributed by atoms with E-state index in [2.05, 4.69) is 20.5 Å². The number of pyridine rings is 1. The van der Waals surface area contributed by atoms with Gasteiger partial charge in [-0.05, 0) is 43.2 Å². The molecule has 2 heterocycles. The lowest BCUT2D eigenvalue weighted by Crippen LogP contribution is -2.11. The molecule has 1 amide bonds. The summed E-state index contributed by atoms with van der Waals surface area (Å²) < 4.78 is 5.12. The van der Waals surface area contributed by atoms with Crippen molar-refractivity contribution in [3.8, 4) is 11.9 Å². The fourth-order valence-corrected chi connectivity index (χ4v) is 2.65. The van der Waals surface area contributed by atoms with Gasteiger partial charge in [-0.15, -0.1) is 0 Å². The van der Waals surface area contributed by atoms with Crippen molar-refractivity contribution in [1.29, 1.82) is 5.26 Å². The predicted molar refractivity (Wildman–Crippen MR) is 98.7 cm³/mol. The topological polar surface area (TPSA) is 104 Å². The Labute approximate surface area is 150 Å². The Kier molecular flexibility index (Phi) is 4.67. The van der Waals surface area contributed by atoms with Gasteiger partial charge in [-0.25, -0.2) is 4.98 Å². The van der Waals surface area contributed by atoms with Gasteiger partial charge in [0.2, 0.25) is 11.8 Å². The van der Waals surface area contributed by atoms with Gasteiger partial charge in [-0.3, -0.25) is 9.89 Å². The zero-order chi connectivity index (χ0) is 18.7. The first-order valence-corrected chi connectivity index (χ1v) is 7.91. The number of carbonyl (C=O) groups is 1. The third kappa shape index (κ3) is 3.39. The highest BCUT2D eigenvalue weighted by Gasteiger charge is 2.09. The van der Waals surface area contributed by atoms with E-state index in [1.807, 2.05) is 32.0 Å². The summed E-state index contributed by atoms with van der Waals surface area (Å²) in [7, 11) is 1.55. The summed E-state index contributed by atoms with van der Waals surface area (Å²) in [5, 5.41) is 19.3. The molecule has 0 aliphatic carbocycles. The number of carbonyl (C=O) groups excluding carboxylic acids is 1. The van der Waals surface area contributed by atoms with Crippen LogP contribution in [-0.2, 0) is 4.79 Å². The first-order valence-electron chi connectivity index (χ1n) is 7.91. The summed E-state index contributed by atoms with van der Waals surface area (Å²) in [6.45, 7) is 3.70. The lowest BCUT2D eigenvalue weighted by atomic mass is 10.1. The van der Waals surface area contributed by atoms with Crippen LogP contribution in [0, 0.1) is 25.2 Å². The van der Waals surface area contributed by atoms with E-state index in [4.69, 9.17) is 10.00 Å². The average molecular weight is 347 g/mol. The van der Waals surface area contributed by atoms with Crippen molar-refractivity contribution in [2.45, 2.75) is 13.8 Å². The number of benzene rings is 1. The molecule has 0 fully saturated rings. The van der Waals surface area contributed by atoms with Crippen molar-refractivity contribution in [2.75, 3.05) is 12.4 Å². The van der Waals surface area contributed by atoms with Crippen LogP contribution in [0.3, 0.4) is 0 Å². The van der Waals surface area contributed by atoms with Crippen molar-refractivity contribution in [3.05, 3.63) is 52.9 Å². The molecule has 0 bridgehead atoms. The molecule has 0 aliphatic rings. The van der Waals surface area contributed by atoms with Crippen LogP contribution in [0.1, 0.15) is 22.5 Å². The Morgan fingerprint density at radius 3 is 2.85 bits per heavy atom. The summed E-state index contributed by atoms with van der Waals surface area (Å²) in [5.74, 6) is 0.253. The highest BCUT2D eigenvalue weighted by Crippen LogP contribution is 2.23. The molecule has 3 rings (SSSR count). The molecule has 7 nitrogen and oxygen atoms in total. The number of aryl methyl sites for hydroxylation is 2. The van der Waals surface area contributed by atoms with Crippen molar-refractivity contribution in [2.24, 2.45) is 0 Å². The molecular weight excluding hydrogens is 330 g/mol. The van der Waals surface area contributed by atoms with Gasteiger partial charge in [0, 0.05) is 17.5 Å². The molecule has 3 aromatic rings. The number of nitrogens with zero attached hydrogens (tertiary/aromatic N) is 3. The molecule has 0 saturated carbocycles. The maximum Gasteiger partial charge on any atom is 0.248 e. The second-order valence-corrected chi connectivity index (χ2v) is 5.75. The second kappa shape index (κ2) is 7.07. The van der Waals surface area contributed by atoms with Gasteiger partial charge in [-0.2, -0.15) is 10.4 Å². The van der Waals surface area contributed by atoms with Gasteiger partial charge in [0.1, 0.15) is 6.07 Å². The third-order valence-corrected chi connectivity index (χ3v) is 3.95. The Bertz CT molecular complexity index is 1040. The van der Waals surface area contributed by atoms with Crippen molar-refractivity contribution < 1.29 is 9.53 Å². The molecule has 2 aromatic heterocycles. The van der Waals surface area contributed by atoms with Crippen LogP contribution in [-0.4, -0.2) is 28.2 Å². The highest BCUT2D eigenvalue weighted by atomic mass is 16.5. The molecule has 130 valence electrons. The van der Waals surface area contributed by atoms with Gasteiger partial charge >= 0.3 is 0 Å². The minimum absolute atomic E-state index is 0.259. The number of methoxy groups -OCH3 is 1. The standard InChI is InChI=1S/C19H17N5O2/c1-11-8-18(26-3)21-12(2)19(11)22-17(25)7-5-13-4-6-14-15(9-13)23-24-16(14)10-20/h4-9H,1-3H3,(H,22,25)(H,23,24)/b7-5+. The van der Waals surface area contributed by atoms with E-state index in [1.54, 1.807) is 25.3 Å². The number of H-pyrrole nitrogens is 1. The fraction of sp³-hybridized carbons (Fsp3) is 0.158. The maximum absolute atomic E-state index is 12.2. The predicted octanol–water partition coefficient (Wildman–Crippen LogP) is 3.11. The number of aromatic nitrogens is 3. The van der Waals surface area contributed by atoms with Crippen molar-refractivity contribution in [3.63, 3.8) is 0 Å². The molecule has 0 atom stereocenters. The largest absolute Gasteiger partial charge is 0.481 e. The van der Waals surface area contributed by atoms with Gasteiger partial charge in [0.25, 0.3) is 0 Å². The molecule has 26 heavy (non-hydrogen) atoms. The summed E-state index contributed by atoms with van der Waals surface area (Å²) in [5.41, 5.74) is 4.15. The first kappa shape index (κ1) is 17.2. The molecular formula is C19H17N5O2. The molecule has 7 heteroatoms. The average Bonchev–Trinajstić information content (AvgIpc) is 3.05. The van der Waals surface area contributed by atoms with Crippen LogP contribution in [0.25, 0.3) is 17.0 Å². The number of amides is 1. The lowest BCUT2D eigenvalue weighted by Gasteiger charge is -2.11. The second-order valence-electron chi connectivity index (χ2n) is 5.75. The van der Waals surface area contributed by atoms with E-state index < -0.39 is 0 Å². The first-order chi connectivity index (χ1) is 12.5. The Morgan fingerprint density at radius 1 is 1.35 bits per heavy atom. The van der Waals surface area contributed by atoms with E-state index in [0.717, 1.165) is 22.0 Å². The van der Waals surface area contributed by atoms with Crippen LogP contribution in [0.5, 0.6) is 5.88 Å². The van der Waals surface area contributed by atoms with Crippen LogP contribution < -0.4 is 10.1 Å². The van der Waals surface area contributed by atoms with E-state index in [-0.39, 0.29) is 5.91 Å². The van der Waals surface area contributed by atoms with Crippen LogP contribution in [0.15, 0.2) is 30.3 Å². The van der Waals surface area contributed by atoms with E-state index in [1.165, 1.54) is 6.08 Å². The summed E-state index contributed by atoms with van der Waals surface area (Å²) in [6, 6.07) is 9.26. The van der Waals surface area contributed by atoms with Crippen LogP contribution >= 0.6 is 0 Å². The summed E-state index contributed by atoms with van der Waals surface area (Å²) >= 11 is 0. The minimum atomic E-state index is -0.259. The summed E-state index contributed by atoms with van der Waals surface area (Å²) in [4.78, 5) is 16.5. The quantitative estimate of drug-likeness (QED) is 0.706. The summed E-state index contributed by atoms with van der Waals surface area (Å²) in [6.07, 6.45) is 3.15. The number of nitriles is 1. The molecule has 0 saturated heterocycles. The fourth-order valence-electron chi connectivity index (χ4n) is 2.65. The minimum Gasteiger partial charge on any atom is -0.481 e. The Hall–Kier alpha value is -3.66. The van der Waals surface area contributed by atoms with Gasteiger partial charge in [-0.1, -0.05) is 6.07 Å². The monoisotopic (exact) mass is 347 g/mol. The van der Waals surface area contributed by atoms with Crippen LogP contribution in [0.4, 0.5) is 5.69 Å². The number of aromatic amines is 1. The lowest BCUT2D eigenvalue weighted by molar-refractivity contribution is -0.111. The Balaban J connectivity index is 1.77. The molecule has 0 radical (unpaired) electrons. The highest BCUT2D eigenvalue weighted by molar-refractivity contribution is 6.03. The number of hydrogen-bond donors (Lipinski definition) is 2. The van der Waals surface area contributed by atoms with E-state index in [9.17, 15) is 4.79 Å². The molecule has 0 spiro atoms. The van der Waals surface area contributed by atoms with E-state index in [0.29, 0.717) is 23.0 Å². The normalized spacial score (nSPS) is 10.8. The smallest absolute Gasteiger partial charge is 0.248 e. The Morgan fingerprint density at radius 2 is 2.15 bits per heavy atom. The number of hydrogen-bond acceptors (Lipinski definition) is 5. The maximum atomic E-state index is 12.2. The van der Waals surface area contributed by atoms with Crippen LogP contribution in [0.2, 0.25) is 0 Å². The van der Waals surface area contributed by atoms with E-state index >= 15 is 0 Å². The number of fused-ring (bicyclic) bond motifs is 1. The third-order valence-electron chi connectivity index (χ3n) is 3.95. The van der Waals surface area contributed by atoms with Gasteiger partial charge in [0.05, 0.1) is 24.0 Å². The number of ether oxygens (including phenoxy) is 1. The zero-order valence-corrected chi connectivity index (χ0v) is 14.6. The number of nitrogens with one attached hydrogen (secondary N) is 2. The van der Waals surface area contributed by atoms with Gasteiger partial charge < -0.3 is 10.1 Å². The molecule has 1 aromatic carbocycles. The number of rotatable bonds is 4.